The molecule has 1 aromatic rings. The van der Waals surface area contributed by atoms with Crippen LogP contribution in [0.1, 0.15) is 38.7 Å². The molecule has 0 saturated heterocycles. The van der Waals surface area contributed by atoms with Gasteiger partial charge in [-0.3, -0.25) is 0 Å². The van der Waals surface area contributed by atoms with E-state index in [4.69, 9.17) is 16.3 Å². The minimum Gasteiger partial charge on any atom is -0.489 e. The third-order valence-electron chi connectivity index (χ3n) is 4.25. The van der Waals surface area contributed by atoms with Crippen LogP contribution in [-0.4, -0.2) is 19.2 Å². The van der Waals surface area contributed by atoms with Gasteiger partial charge < -0.3 is 10.1 Å². The zero-order valence-corrected chi connectivity index (χ0v) is 13.1. The Hall–Kier alpha value is -0.730. The van der Waals surface area contributed by atoms with E-state index in [1.165, 1.54) is 12.8 Å². The molecule has 0 aromatic heterocycles. The zero-order valence-electron chi connectivity index (χ0n) is 12.3. The first-order valence-electron chi connectivity index (χ1n) is 7.04. The predicted molar refractivity (Wildman–Crippen MR) is 81.1 cm³/mol. The van der Waals surface area contributed by atoms with Gasteiger partial charge in [-0.2, -0.15) is 0 Å². The van der Waals surface area contributed by atoms with Crippen LogP contribution in [-0.2, 0) is 0 Å². The van der Waals surface area contributed by atoms with Gasteiger partial charge in [-0.1, -0.05) is 25.4 Å². The summed E-state index contributed by atoms with van der Waals surface area (Å²) in [5.41, 5.74) is 1.34. The second-order valence-electron chi connectivity index (χ2n) is 6.21. The number of likely N-dealkylation sites (N-methyl/N-ethyl adjacent to an activating group) is 1. The molecule has 2 nitrogen and oxygen atoms in total. The molecule has 1 fully saturated rings. The van der Waals surface area contributed by atoms with E-state index in [0.29, 0.717) is 6.04 Å². The van der Waals surface area contributed by atoms with Crippen LogP contribution >= 0.6 is 11.6 Å². The summed E-state index contributed by atoms with van der Waals surface area (Å²) in [5, 5.41) is 4.23. The minimum absolute atomic E-state index is 0.231. The lowest BCUT2D eigenvalue weighted by molar-refractivity contribution is 0.0403. The molecule has 1 saturated carbocycles. The molecule has 1 aliphatic rings. The maximum absolute atomic E-state index is 6.21. The Morgan fingerprint density at radius 2 is 2.11 bits per heavy atom. The first kappa shape index (κ1) is 14.7. The molecule has 0 aliphatic heterocycles. The minimum atomic E-state index is 0.231. The molecule has 1 N–H and O–H groups in total. The normalized spacial score (nSPS) is 26.2. The largest absolute Gasteiger partial charge is 0.489 e. The predicted octanol–water partition coefficient (Wildman–Crippen LogP) is 4.19. The Morgan fingerprint density at radius 3 is 2.74 bits per heavy atom. The highest BCUT2D eigenvalue weighted by atomic mass is 35.5. The van der Waals surface area contributed by atoms with Crippen LogP contribution in [0, 0.1) is 12.3 Å². The Morgan fingerprint density at radius 1 is 1.37 bits per heavy atom. The van der Waals surface area contributed by atoms with Gasteiger partial charge in [-0.25, -0.2) is 0 Å². The van der Waals surface area contributed by atoms with Crippen molar-refractivity contribution >= 4 is 11.6 Å². The van der Waals surface area contributed by atoms with Crippen molar-refractivity contribution in [3.05, 3.63) is 28.8 Å². The molecule has 1 aromatic carbocycles. The van der Waals surface area contributed by atoms with Gasteiger partial charge in [0.2, 0.25) is 0 Å². The Labute approximate surface area is 121 Å². The van der Waals surface area contributed by atoms with Crippen molar-refractivity contribution < 1.29 is 4.74 Å². The van der Waals surface area contributed by atoms with E-state index in [1.54, 1.807) is 0 Å². The Bertz CT molecular complexity index is 444. The lowest BCUT2D eigenvalue weighted by atomic mass is 9.72. The molecule has 0 bridgehead atoms. The Balaban J connectivity index is 2.14. The van der Waals surface area contributed by atoms with Crippen LogP contribution in [0.5, 0.6) is 5.75 Å². The molecule has 0 radical (unpaired) electrons. The number of ether oxygens (including phenoxy) is 1. The molecule has 106 valence electrons. The van der Waals surface area contributed by atoms with Crippen LogP contribution in [0.4, 0.5) is 0 Å². The third-order valence-corrected chi connectivity index (χ3v) is 4.68. The van der Waals surface area contributed by atoms with Crippen molar-refractivity contribution in [2.24, 2.45) is 5.41 Å². The van der Waals surface area contributed by atoms with Gasteiger partial charge in [0.15, 0.2) is 0 Å². The van der Waals surface area contributed by atoms with Crippen LogP contribution in [0.3, 0.4) is 0 Å². The summed E-state index contributed by atoms with van der Waals surface area (Å²) in [6.45, 7) is 6.64. The molecule has 2 rings (SSSR count). The van der Waals surface area contributed by atoms with Gasteiger partial charge in [0, 0.05) is 11.1 Å². The van der Waals surface area contributed by atoms with Crippen LogP contribution in [0.15, 0.2) is 18.2 Å². The topological polar surface area (TPSA) is 21.3 Å². The maximum atomic E-state index is 6.21. The van der Waals surface area contributed by atoms with Crippen LogP contribution < -0.4 is 10.1 Å². The summed E-state index contributed by atoms with van der Waals surface area (Å²) in [6.07, 6.45) is 3.81. The molecule has 1 aliphatic carbocycles. The highest BCUT2D eigenvalue weighted by Gasteiger charge is 2.39. The van der Waals surface area contributed by atoms with Gasteiger partial charge in [0.05, 0.1) is 0 Å². The fraction of sp³-hybridized carbons (Fsp3) is 0.625. The van der Waals surface area contributed by atoms with E-state index in [2.05, 4.69) is 19.2 Å². The number of hydrogen-bond acceptors (Lipinski definition) is 2. The van der Waals surface area contributed by atoms with Crippen molar-refractivity contribution in [1.29, 1.82) is 0 Å². The van der Waals surface area contributed by atoms with E-state index in [9.17, 15) is 0 Å². The summed E-state index contributed by atoms with van der Waals surface area (Å²) >= 11 is 6.06. The van der Waals surface area contributed by atoms with Crippen LogP contribution in [0.25, 0.3) is 0 Å². The highest BCUT2D eigenvalue weighted by molar-refractivity contribution is 6.31. The molecule has 0 heterocycles. The van der Waals surface area contributed by atoms with Crippen LogP contribution in [0.2, 0.25) is 5.02 Å². The molecule has 2 unspecified atom stereocenters. The lowest BCUT2D eigenvalue weighted by Gasteiger charge is -2.43. The first-order valence-corrected chi connectivity index (χ1v) is 7.42. The third kappa shape index (κ3) is 3.24. The number of halogens is 1. The lowest BCUT2D eigenvalue weighted by Crippen LogP contribution is -2.53. The monoisotopic (exact) mass is 281 g/mol. The van der Waals surface area contributed by atoms with Crippen molar-refractivity contribution in [3.63, 3.8) is 0 Å². The Kier molecular flexibility index (Phi) is 4.42. The van der Waals surface area contributed by atoms with Gasteiger partial charge in [0.1, 0.15) is 11.9 Å². The molecular formula is C16H24ClNO. The zero-order chi connectivity index (χ0) is 14.0. The quantitative estimate of drug-likeness (QED) is 0.897. The van der Waals surface area contributed by atoms with E-state index in [-0.39, 0.29) is 11.5 Å². The number of rotatable bonds is 3. The fourth-order valence-corrected chi connectivity index (χ4v) is 3.27. The molecule has 0 amide bonds. The smallest absolute Gasteiger partial charge is 0.120 e. The van der Waals surface area contributed by atoms with Gasteiger partial charge in [-0.05, 0) is 62.4 Å². The number of aryl methyl sites for hydroxylation is 1. The summed E-state index contributed by atoms with van der Waals surface area (Å²) in [6, 6.07) is 6.28. The van der Waals surface area contributed by atoms with E-state index >= 15 is 0 Å². The summed E-state index contributed by atoms with van der Waals surface area (Å²) in [4.78, 5) is 0. The molecule has 2 atom stereocenters. The van der Waals surface area contributed by atoms with Crippen molar-refractivity contribution in [2.45, 2.75) is 52.2 Å². The highest BCUT2D eigenvalue weighted by Crippen LogP contribution is 2.37. The SMILES string of the molecule is CNC1C(Oc2ccc(Cl)c(C)c2)CCCC1(C)C. The second kappa shape index (κ2) is 5.72. The van der Waals surface area contributed by atoms with Crippen molar-refractivity contribution in [1.82, 2.24) is 5.32 Å². The van der Waals surface area contributed by atoms with Crippen molar-refractivity contribution in [2.75, 3.05) is 7.05 Å². The maximum Gasteiger partial charge on any atom is 0.120 e. The number of nitrogens with one attached hydrogen (secondary N) is 1. The van der Waals surface area contributed by atoms with Crippen molar-refractivity contribution in [3.8, 4) is 5.75 Å². The van der Waals surface area contributed by atoms with Gasteiger partial charge >= 0.3 is 0 Å². The van der Waals surface area contributed by atoms with Gasteiger partial charge in [-0.15, -0.1) is 0 Å². The summed E-state index contributed by atoms with van der Waals surface area (Å²) in [5.74, 6) is 0.921. The molecule has 3 heteroatoms. The first-order chi connectivity index (χ1) is 8.94. The van der Waals surface area contributed by atoms with Gasteiger partial charge in [0.25, 0.3) is 0 Å². The number of benzene rings is 1. The number of hydrogen-bond donors (Lipinski definition) is 1. The molecular weight excluding hydrogens is 258 g/mol. The standard InChI is InChI=1S/C16H24ClNO/c1-11-10-12(7-8-13(11)17)19-14-6-5-9-16(2,3)15(14)18-4/h7-8,10,14-15,18H,5-6,9H2,1-4H3. The molecule has 0 spiro atoms. The molecule has 19 heavy (non-hydrogen) atoms. The summed E-state index contributed by atoms with van der Waals surface area (Å²) in [7, 11) is 2.03. The fourth-order valence-electron chi connectivity index (χ4n) is 3.15. The van der Waals surface area contributed by atoms with E-state index in [0.717, 1.165) is 22.8 Å². The van der Waals surface area contributed by atoms with E-state index < -0.39 is 0 Å². The average Bonchev–Trinajstić information content (AvgIpc) is 2.33. The second-order valence-corrected chi connectivity index (χ2v) is 6.62. The van der Waals surface area contributed by atoms with E-state index in [1.807, 2.05) is 32.2 Å². The summed E-state index contributed by atoms with van der Waals surface area (Å²) < 4.78 is 6.21. The average molecular weight is 282 g/mol.